The molecule has 134 valence electrons. The molecule has 0 heterocycles. The topological polar surface area (TPSA) is 75.3 Å². The zero-order valence-electron chi connectivity index (χ0n) is 14.1. The van der Waals surface area contributed by atoms with E-state index < -0.39 is 10.0 Å². The molecule has 0 aliphatic carbocycles. The lowest BCUT2D eigenvalue weighted by Gasteiger charge is -2.16. The lowest BCUT2D eigenvalue weighted by molar-refractivity contribution is -0.121. The van der Waals surface area contributed by atoms with Crippen molar-refractivity contribution >= 4 is 31.9 Å². The molecule has 0 saturated heterocycles. The Morgan fingerprint density at radius 1 is 1.12 bits per heavy atom. The van der Waals surface area contributed by atoms with E-state index in [2.05, 4.69) is 26.0 Å². The van der Waals surface area contributed by atoms with Crippen LogP contribution in [0.5, 0.6) is 0 Å². The SMILES string of the molecule is CNS(=O)(=O)c1ccc(CCC(=O)NC(C)c2ccccc2Br)cc1. The lowest BCUT2D eigenvalue weighted by atomic mass is 10.1. The highest BCUT2D eigenvalue weighted by molar-refractivity contribution is 9.10. The summed E-state index contributed by atoms with van der Waals surface area (Å²) in [4.78, 5) is 12.4. The Bertz CT molecular complexity index is 836. The van der Waals surface area contributed by atoms with E-state index in [-0.39, 0.29) is 16.8 Å². The second-order valence-corrected chi connectivity index (χ2v) is 8.40. The van der Waals surface area contributed by atoms with Gasteiger partial charge >= 0.3 is 0 Å². The highest BCUT2D eigenvalue weighted by atomic mass is 79.9. The smallest absolute Gasteiger partial charge is 0.240 e. The maximum absolute atomic E-state index is 12.2. The van der Waals surface area contributed by atoms with Gasteiger partial charge in [-0.1, -0.05) is 46.3 Å². The molecular formula is C18H21BrN2O3S. The maximum Gasteiger partial charge on any atom is 0.240 e. The van der Waals surface area contributed by atoms with Crippen molar-refractivity contribution in [2.45, 2.75) is 30.7 Å². The molecule has 7 heteroatoms. The van der Waals surface area contributed by atoms with E-state index in [1.54, 1.807) is 24.3 Å². The minimum Gasteiger partial charge on any atom is -0.350 e. The summed E-state index contributed by atoms with van der Waals surface area (Å²) in [7, 11) is -2.06. The van der Waals surface area contributed by atoms with Gasteiger partial charge in [0.2, 0.25) is 15.9 Å². The maximum atomic E-state index is 12.2. The molecular weight excluding hydrogens is 404 g/mol. The first-order valence-electron chi connectivity index (χ1n) is 7.90. The summed E-state index contributed by atoms with van der Waals surface area (Å²) >= 11 is 3.49. The lowest BCUT2D eigenvalue weighted by Crippen LogP contribution is -2.27. The van der Waals surface area contributed by atoms with Crippen LogP contribution in [0.1, 0.15) is 30.5 Å². The molecule has 5 nitrogen and oxygen atoms in total. The summed E-state index contributed by atoms with van der Waals surface area (Å²) in [6.07, 6.45) is 0.890. The van der Waals surface area contributed by atoms with E-state index in [1.807, 2.05) is 31.2 Å². The molecule has 0 bridgehead atoms. The molecule has 2 aromatic carbocycles. The summed E-state index contributed by atoms with van der Waals surface area (Å²) in [5.41, 5.74) is 1.94. The predicted octanol–water partition coefficient (Wildman–Crippen LogP) is 3.17. The summed E-state index contributed by atoms with van der Waals surface area (Å²) in [5, 5.41) is 2.98. The molecule has 25 heavy (non-hydrogen) atoms. The van der Waals surface area contributed by atoms with Crippen LogP contribution in [0, 0.1) is 0 Å². The largest absolute Gasteiger partial charge is 0.350 e. The van der Waals surface area contributed by atoms with Gasteiger partial charge in [-0.05, 0) is 49.7 Å². The van der Waals surface area contributed by atoms with Crippen LogP contribution in [0.3, 0.4) is 0 Å². The van der Waals surface area contributed by atoms with Gasteiger partial charge in [0.15, 0.2) is 0 Å². The van der Waals surface area contributed by atoms with Gasteiger partial charge in [0, 0.05) is 10.9 Å². The van der Waals surface area contributed by atoms with Crippen molar-refractivity contribution in [1.82, 2.24) is 10.0 Å². The van der Waals surface area contributed by atoms with Gasteiger partial charge in [-0.15, -0.1) is 0 Å². The molecule has 0 saturated carbocycles. The third kappa shape index (κ3) is 5.39. The molecule has 0 spiro atoms. The predicted molar refractivity (Wildman–Crippen MR) is 102 cm³/mol. The van der Waals surface area contributed by atoms with Crippen molar-refractivity contribution in [2.24, 2.45) is 0 Å². The molecule has 2 aromatic rings. The summed E-state index contributed by atoms with van der Waals surface area (Å²) in [6, 6.07) is 14.2. The van der Waals surface area contributed by atoms with Crippen molar-refractivity contribution in [3.8, 4) is 0 Å². The summed E-state index contributed by atoms with van der Waals surface area (Å²) in [6.45, 7) is 1.94. The normalized spacial score (nSPS) is 12.6. The zero-order valence-corrected chi connectivity index (χ0v) is 16.5. The fraction of sp³-hybridized carbons (Fsp3) is 0.278. The Labute approximate surface area is 157 Å². The van der Waals surface area contributed by atoms with Crippen LogP contribution in [0.15, 0.2) is 57.9 Å². The second kappa shape index (κ2) is 8.60. The number of carbonyl (C=O) groups excluding carboxylic acids is 1. The molecule has 1 unspecified atom stereocenters. The molecule has 1 atom stereocenters. The third-order valence-corrected chi connectivity index (χ3v) is 6.04. The Hall–Kier alpha value is -1.70. The number of sulfonamides is 1. The number of rotatable bonds is 7. The van der Waals surface area contributed by atoms with E-state index in [4.69, 9.17) is 0 Å². The Balaban J connectivity index is 1.91. The van der Waals surface area contributed by atoms with E-state index in [0.717, 1.165) is 15.6 Å². The Morgan fingerprint density at radius 3 is 2.36 bits per heavy atom. The molecule has 0 aliphatic rings. The van der Waals surface area contributed by atoms with Crippen LogP contribution in [-0.4, -0.2) is 21.4 Å². The Kier molecular flexibility index (Phi) is 6.75. The monoisotopic (exact) mass is 424 g/mol. The quantitative estimate of drug-likeness (QED) is 0.716. The van der Waals surface area contributed by atoms with Gasteiger partial charge in [0.25, 0.3) is 0 Å². The van der Waals surface area contributed by atoms with Crippen LogP contribution in [0.25, 0.3) is 0 Å². The molecule has 2 N–H and O–H groups in total. The number of amides is 1. The van der Waals surface area contributed by atoms with Crippen LogP contribution in [0.4, 0.5) is 0 Å². The van der Waals surface area contributed by atoms with Gasteiger partial charge in [-0.3, -0.25) is 4.79 Å². The van der Waals surface area contributed by atoms with Gasteiger partial charge in [0.1, 0.15) is 0 Å². The minimum atomic E-state index is -3.43. The number of hydrogen-bond acceptors (Lipinski definition) is 3. The van der Waals surface area contributed by atoms with E-state index in [9.17, 15) is 13.2 Å². The van der Waals surface area contributed by atoms with Crippen LogP contribution in [0.2, 0.25) is 0 Å². The number of hydrogen-bond donors (Lipinski definition) is 2. The highest BCUT2D eigenvalue weighted by Gasteiger charge is 2.13. The van der Waals surface area contributed by atoms with Gasteiger partial charge in [-0.25, -0.2) is 13.1 Å². The van der Waals surface area contributed by atoms with Crippen LogP contribution < -0.4 is 10.0 Å². The first kappa shape index (κ1) is 19.6. The number of aryl methyl sites for hydroxylation is 1. The van der Waals surface area contributed by atoms with Crippen molar-refractivity contribution < 1.29 is 13.2 Å². The average Bonchev–Trinajstić information content (AvgIpc) is 2.60. The average molecular weight is 425 g/mol. The van der Waals surface area contributed by atoms with Crippen molar-refractivity contribution in [2.75, 3.05) is 7.05 Å². The van der Waals surface area contributed by atoms with Crippen LogP contribution in [-0.2, 0) is 21.2 Å². The first-order valence-corrected chi connectivity index (χ1v) is 10.2. The van der Waals surface area contributed by atoms with E-state index in [0.29, 0.717) is 12.8 Å². The highest BCUT2D eigenvalue weighted by Crippen LogP contribution is 2.22. The Morgan fingerprint density at radius 2 is 1.76 bits per heavy atom. The molecule has 0 fully saturated rings. The zero-order chi connectivity index (χ0) is 18.4. The standard InChI is InChI=1S/C18H21BrN2O3S/c1-13(16-5-3-4-6-17(16)19)21-18(22)12-9-14-7-10-15(11-8-14)25(23,24)20-2/h3-8,10-11,13,20H,9,12H2,1-2H3,(H,21,22). The fourth-order valence-corrected chi connectivity index (χ4v) is 3.79. The van der Waals surface area contributed by atoms with E-state index >= 15 is 0 Å². The third-order valence-electron chi connectivity index (χ3n) is 3.89. The molecule has 0 radical (unpaired) electrons. The van der Waals surface area contributed by atoms with Gasteiger partial charge in [0.05, 0.1) is 10.9 Å². The minimum absolute atomic E-state index is 0.0461. The molecule has 2 rings (SSSR count). The van der Waals surface area contributed by atoms with Crippen molar-refractivity contribution in [1.29, 1.82) is 0 Å². The molecule has 1 amide bonds. The second-order valence-electron chi connectivity index (χ2n) is 5.66. The summed E-state index contributed by atoms with van der Waals surface area (Å²) in [5.74, 6) is -0.0461. The van der Waals surface area contributed by atoms with E-state index in [1.165, 1.54) is 7.05 Å². The molecule has 0 aromatic heterocycles. The first-order chi connectivity index (χ1) is 11.8. The van der Waals surface area contributed by atoms with Crippen LogP contribution >= 0.6 is 15.9 Å². The fourth-order valence-electron chi connectivity index (χ4n) is 2.43. The van der Waals surface area contributed by atoms with Gasteiger partial charge in [-0.2, -0.15) is 0 Å². The molecule has 0 aliphatic heterocycles. The number of benzene rings is 2. The van der Waals surface area contributed by atoms with Crippen molar-refractivity contribution in [3.63, 3.8) is 0 Å². The number of carbonyl (C=O) groups is 1. The van der Waals surface area contributed by atoms with Gasteiger partial charge < -0.3 is 5.32 Å². The number of halogens is 1. The van der Waals surface area contributed by atoms with Crippen molar-refractivity contribution in [3.05, 3.63) is 64.1 Å². The summed E-state index contributed by atoms with van der Waals surface area (Å²) < 4.78 is 26.6. The number of nitrogens with one attached hydrogen (secondary N) is 2.